The van der Waals surface area contributed by atoms with Crippen LogP contribution in [-0.2, 0) is 16.1 Å². The fraction of sp³-hybridized carbons (Fsp3) is 0.278. The molecule has 0 spiro atoms. The minimum absolute atomic E-state index is 0.101. The predicted molar refractivity (Wildman–Crippen MR) is 98.3 cm³/mol. The summed E-state index contributed by atoms with van der Waals surface area (Å²) >= 11 is 0. The first-order valence-electron chi connectivity index (χ1n) is 8.58. The van der Waals surface area contributed by atoms with Crippen molar-refractivity contribution in [3.63, 3.8) is 0 Å². The van der Waals surface area contributed by atoms with Gasteiger partial charge >= 0.3 is 5.97 Å². The van der Waals surface area contributed by atoms with Crippen LogP contribution >= 0.6 is 0 Å². The third-order valence-corrected chi connectivity index (χ3v) is 3.69. The molecule has 1 aromatic carbocycles. The van der Waals surface area contributed by atoms with E-state index < -0.39 is 17.4 Å². The maximum absolute atomic E-state index is 12.6. The standard InChI is InChI=1S/C18H18N4O6/c1-3-26-12-7-5-11(6-8-12)20-13(23)9-22-10-19-16-14(17(22)24)15(21-28-16)18(25)27-4-2/h5-8,10H,3-4,9H2,1-2H3,(H,20,23). The van der Waals surface area contributed by atoms with Crippen molar-refractivity contribution in [2.45, 2.75) is 20.4 Å². The zero-order valence-corrected chi connectivity index (χ0v) is 15.3. The molecule has 2 aromatic heterocycles. The summed E-state index contributed by atoms with van der Waals surface area (Å²) in [6.07, 6.45) is 1.16. The molecule has 1 amide bonds. The first-order valence-corrected chi connectivity index (χ1v) is 8.58. The van der Waals surface area contributed by atoms with E-state index in [9.17, 15) is 14.4 Å². The van der Waals surface area contributed by atoms with Gasteiger partial charge in [-0.05, 0) is 38.1 Å². The number of rotatable bonds is 7. The van der Waals surface area contributed by atoms with E-state index in [1.54, 1.807) is 31.2 Å². The van der Waals surface area contributed by atoms with E-state index in [1.165, 1.54) is 0 Å². The third kappa shape index (κ3) is 4.00. The van der Waals surface area contributed by atoms with Crippen LogP contribution in [0.5, 0.6) is 5.75 Å². The van der Waals surface area contributed by atoms with Gasteiger partial charge in [-0.1, -0.05) is 5.16 Å². The molecule has 0 aliphatic carbocycles. The molecule has 3 rings (SSSR count). The summed E-state index contributed by atoms with van der Waals surface area (Å²) in [6, 6.07) is 6.82. The third-order valence-electron chi connectivity index (χ3n) is 3.69. The molecule has 0 fully saturated rings. The number of hydrogen-bond donors (Lipinski definition) is 1. The highest BCUT2D eigenvalue weighted by Gasteiger charge is 2.22. The summed E-state index contributed by atoms with van der Waals surface area (Å²) in [5.41, 5.74) is -0.448. The number of fused-ring (bicyclic) bond motifs is 1. The number of aromatic nitrogens is 3. The molecule has 2 heterocycles. The number of esters is 1. The molecule has 0 atom stereocenters. The van der Waals surface area contributed by atoms with Gasteiger partial charge in [0.25, 0.3) is 11.3 Å². The molecule has 0 radical (unpaired) electrons. The molecular formula is C18H18N4O6. The Kier molecular flexibility index (Phi) is 5.68. The number of nitrogens with zero attached hydrogens (tertiary/aromatic N) is 3. The Labute approximate surface area is 159 Å². The van der Waals surface area contributed by atoms with E-state index in [0.29, 0.717) is 18.0 Å². The maximum Gasteiger partial charge on any atom is 0.361 e. The van der Waals surface area contributed by atoms with Crippen molar-refractivity contribution in [3.8, 4) is 5.75 Å². The molecule has 0 saturated carbocycles. The van der Waals surface area contributed by atoms with E-state index in [-0.39, 0.29) is 29.9 Å². The molecule has 1 N–H and O–H groups in total. The number of benzene rings is 1. The molecule has 0 unspecified atom stereocenters. The van der Waals surface area contributed by atoms with Crippen LogP contribution in [0.15, 0.2) is 39.9 Å². The van der Waals surface area contributed by atoms with E-state index in [2.05, 4.69) is 15.5 Å². The summed E-state index contributed by atoms with van der Waals surface area (Å²) in [4.78, 5) is 40.8. The van der Waals surface area contributed by atoms with Gasteiger partial charge in [-0.15, -0.1) is 0 Å². The van der Waals surface area contributed by atoms with Crippen molar-refractivity contribution < 1.29 is 23.6 Å². The summed E-state index contributed by atoms with van der Waals surface area (Å²) in [6.45, 7) is 3.86. The number of carbonyl (C=O) groups is 2. The van der Waals surface area contributed by atoms with Gasteiger partial charge in [0.15, 0.2) is 0 Å². The Morgan fingerprint density at radius 3 is 2.61 bits per heavy atom. The van der Waals surface area contributed by atoms with Crippen molar-refractivity contribution in [2.24, 2.45) is 0 Å². The first-order chi connectivity index (χ1) is 13.5. The molecule has 10 nitrogen and oxygen atoms in total. The fourth-order valence-electron chi connectivity index (χ4n) is 2.49. The van der Waals surface area contributed by atoms with Crippen LogP contribution in [-0.4, -0.2) is 39.8 Å². The van der Waals surface area contributed by atoms with Crippen LogP contribution in [0.2, 0.25) is 0 Å². The lowest BCUT2D eigenvalue weighted by Crippen LogP contribution is -2.28. The van der Waals surface area contributed by atoms with E-state index in [0.717, 1.165) is 10.9 Å². The molecule has 28 heavy (non-hydrogen) atoms. The van der Waals surface area contributed by atoms with Crippen LogP contribution in [0.4, 0.5) is 5.69 Å². The molecule has 146 valence electrons. The highest BCUT2D eigenvalue weighted by molar-refractivity contribution is 5.99. The average Bonchev–Trinajstić information content (AvgIpc) is 3.11. The van der Waals surface area contributed by atoms with Crippen molar-refractivity contribution in [1.82, 2.24) is 14.7 Å². The first kappa shape index (κ1) is 19.1. The van der Waals surface area contributed by atoms with Crippen LogP contribution < -0.4 is 15.6 Å². The Morgan fingerprint density at radius 2 is 1.93 bits per heavy atom. The van der Waals surface area contributed by atoms with Gasteiger partial charge in [0.1, 0.15) is 24.0 Å². The second-order valence-electron chi connectivity index (χ2n) is 5.61. The lowest BCUT2D eigenvalue weighted by Gasteiger charge is -2.08. The quantitative estimate of drug-likeness (QED) is 0.607. The zero-order valence-electron chi connectivity index (χ0n) is 15.3. The van der Waals surface area contributed by atoms with Gasteiger partial charge in [0.2, 0.25) is 11.6 Å². The second-order valence-corrected chi connectivity index (χ2v) is 5.61. The lowest BCUT2D eigenvalue weighted by molar-refractivity contribution is -0.116. The van der Waals surface area contributed by atoms with Gasteiger partial charge in [0.05, 0.1) is 13.2 Å². The Morgan fingerprint density at radius 1 is 1.18 bits per heavy atom. The SMILES string of the molecule is CCOC(=O)c1noc2ncn(CC(=O)Nc3ccc(OCC)cc3)c(=O)c12. The minimum atomic E-state index is -0.795. The number of ether oxygens (including phenoxy) is 2. The summed E-state index contributed by atoms with van der Waals surface area (Å²) in [5.74, 6) is -0.552. The highest BCUT2D eigenvalue weighted by Crippen LogP contribution is 2.16. The smallest absolute Gasteiger partial charge is 0.361 e. The van der Waals surface area contributed by atoms with Gasteiger partial charge in [-0.2, -0.15) is 0 Å². The zero-order chi connectivity index (χ0) is 20.1. The van der Waals surface area contributed by atoms with Crippen LogP contribution in [0, 0.1) is 0 Å². The molecule has 0 bridgehead atoms. The van der Waals surface area contributed by atoms with Gasteiger partial charge < -0.3 is 19.3 Å². The van der Waals surface area contributed by atoms with Crippen LogP contribution in [0.1, 0.15) is 24.3 Å². The van der Waals surface area contributed by atoms with E-state index >= 15 is 0 Å². The van der Waals surface area contributed by atoms with Crippen LogP contribution in [0.25, 0.3) is 11.1 Å². The molecule has 3 aromatic rings. The average molecular weight is 386 g/mol. The van der Waals surface area contributed by atoms with Crippen LogP contribution in [0.3, 0.4) is 0 Å². The normalized spacial score (nSPS) is 10.6. The number of carbonyl (C=O) groups excluding carboxylic acids is 2. The van der Waals surface area contributed by atoms with E-state index in [1.807, 2.05) is 6.92 Å². The monoisotopic (exact) mass is 386 g/mol. The van der Waals surface area contributed by atoms with Gasteiger partial charge in [0, 0.05) is 5.69 Å². The number of anilines is 1. The second kappa shape index (κ2) is 8.33. The largest absolute Gasteiger partial charge is 0.494 e. The maximum atomic E-state index is 12.6. The fourth-order valence-corrected chi connectivity index (χ4v) is 2.49. The Balaban J connectivity index is 1.79. The minimum Gasteiger partial charge on any atom is -0.494 e. The summed E-state index contributed by atoms with van der Waals surface area (Å²) in [7, 11) is 0. The Bertz CT molecular complexity index is 1050. The molecular weight excluding hydrogens is 368 g/mol. The van der Waals surface area contributed by atoms with Crippen molar-refractivity contribution in [1.29, 1.82) is 0 Å². The Hall–Kier alpha value is -3.69. The number of amides is 1. The molecule has 0 aliphatic rings. The molecule has 10 heteroatoms. The number of hydrogen-bond acceptors (Lipinski definition) is 8. The topological polar surface area (TPSA) is 126 Å². The lowest BCUT2D eigenvalue weighted by atomic mass is 10.3. The molecule has 0 saturated heterocycles. The van der Waals surface area contributed by atoms with Crippen molar-refractivity contribution in [3.05, 3.63) is 46.6 Å². The van der Waals surface area contributed by atoms with Crippen molar-refractivity contribution in [2.75, 3.05) is 18.5 Å². The molecule has 0 aliphatic heterocycles. The van der Waals surface area contributed by atoms with E-state index in [4.69, 9.17) is 14.0 Å². The summed E-state index contributed by atoms with van der Waals surface area (Å²) in [5, 5.41) is 6.09. The van der Waals surface area contributed by atoms with Gasteiger partial charge in [-0.25, -0.2) is 9.78 Å². The highest BCUT2D eigenvalue weighted by atomic mass is 16.5. The predicted octanol–water partition coefficient (Wildman–Crippen LogP) is 1.60. The summed E-state index contributed by atoms with van der Waals surface area (Å²) < 4.78 is 16.1. The van der Waals surface area contributed by atoms with Gasteiger partial charge in [-0.3, -0.25) is 14.2 Å². The van der Waals surface area contributed by atoms with Crippen molar-refractivity contribution >= 4 is 28.7 Å². The number of nitrogens with one attached hydrogen (secondary N) is 1.